The standard InChI is InChI=1S/C23H18N4O6S/c1-12-5-3-4-6-14(12)11-31-22(30)25-17-13(2)27-34-15(17)7-8-16-24-18-19(32-16)26-20(33-18)23(9-10-23)21(28)29/h3-6H,9-11H2,1-2H3,(H,25,30)(H,28,29). The predicted octanol–water partition coefficient (Wildman–Crippen LogP) is 4.15. The predicted molar refractivity (Wildman–Crippen MR) is 120 cm³/mol. The molecule has 1 aliphatic carbocycles. The lowest BCUT2D eigenvalue weighted by Crippen LogP contribution is -2.19. The minimum absolute atomic E-state index is 0.0482. The van der Waals surface area contributed by atoms with Crippen molar-refractivity contribution in [3.05, 3.63) is 57.7 Å². The Kier molecular flexibility index (Phi) is 5.30. The fourth-order valence-electron chi connectivity index (χ4n) is 3.31. The number of aryl methyl sites for hydroxylation is 2. The molecule has 0 saturated heterocycles. The minimum atomic E-state index is -1.08. The normalized spacial score (nSPS) is 13.8. The van der Waals surface area contributed by atoms with Crippen LogP contribution in [0.4, 0.5) is 10.5 Å². The summed E-state index contributed by atoms with van der Waals surface area (Å²) in [4.78, 5) is 32.5. The molecule has 1 aliphatic rings. The average molecular weight is 478 g/mol. The molecule has 172 valence electrons. The lowest BCUT2D eigenvalue weighted by atomic mass is 10.1. The van der Waals surface area contributed by atoms with Gasteiger partial charge in [-0.25, -0.2) is 4.79 Å². The van der Waals surface area contributed by atoms with Gasteiger partial charge in [0.15, 0.2) is 0 Å². The second-order valence-corrected chi connectivity index (χ2v) is 8.66. The van der Waals surface area contributed by atoms with Gasteiger partial charge in [-0.15, -0.1) is 0 Å². The first-order chi connectivity index (χ1) is 16.4. The van der Waals surface area contributed by atoms with E-state index in [1.54, 1.807) is 6.92 Å². The number of aliphatic carboxylic acids is 1. The van der Waals surface area contributed by atoms with Crippen LogP contribution in [0, 0.1) is 25.7 Å². The molecule has 0 spiro atoms. The summed E-state index contributed by atoms with van der Waals surface area (Å²) in [5.41, 5.74) is 2.08. The topological polar surface area (TPSA) is 141 Å². The Hall–Kier alpha value is -4.17. The molecule has 0 radical (unpaired) electrons. The van der Waals surface area contributed by atoms with Crippen molar-refractivity contribution in [2.75, 3.05) is 5.32 Å². The van der Waals surface area contributed by atoms with Gasteiger partial charge in [-0.1, -0.05) is 24.3 Å². The third kappa shape index (κ3) is 3.99. The highest BCUT2D eigenvalue weighted by Crippen LogP contribution is 2.48. The first-order valence-electron chi connectivity index (χ1n) is 10.3. The van der Waals surface area contributed by atoms with Gasteiger partial charge in [0.25, 0.3) is 17.3 Å². The van der Waals surface area contributed by atoms with Gasteiger partial charge in [0.05, 0.1) is 11.4 Å². The van der Waals surface area contributed by atoms with Gasteiger partial charge in [0.1, 0.15) is 16.9 Å². The zero-order valence-corrected chi connectivity index (χ0v) is 19.0. The number of rotatable bonds is 5. The molecule has 0 bridgehead atoms. The molecule has 1 saturated carbocycles. The van der Waals surface area contributed by atoms with Crippen molar-refractivity contribution < 1.29 is 28.3 Å². The summed E-state index contributed by atoms with van der Waals surface area (Å²) in [5.74, 6) is 4.80. The number of amides is 1. The number of oxazole rings is 2. The quantitative estimate of drug-likeness (QED) is 0.405. The Morgan fingerprint density at radius 1 is 1.18 bits per heavy atom. The van der Waals surface area contributed by atoms with Crippen LogP contribution in [0.5, 0.6) is 0 Å². The van der Waals surface area contributed by atoms with E-state index < -0.39 is 17.5 Å². The molecule has 34 heavy (non-hydrogen) atoms. The number of nitrogens with zero attached hydrogens (tertiary/aromatic N) is 3. The van der Waals surface area contributed by atoms with E-state index in [1.165, 1.54) is 0 Å². The molecule has 2 N–H and O–H groups in total. The third-order valence-electron chi connectivity index (χ3n) is 5.54. The van der Waals surface area contributed by atoms with E-state index in [4.69, 9.17) is 13.6 Å². The Morgan fingerprint density at radius 2 is 1.94 bits per heavy atom. The summed E-state index contributed by atoms with van der Waals surface area (Å²) >= 11 is 1.11. The van der Waals surface area contributed by atoms with E-state index in [-0.39, 0.29) is 29.8 Å². The molecular formula is C23H18N4O6S. The van der Waals surface area contributed by atoms with Crippen molar-refractivity contribution in [2.24, 2.45) is 0 Å². The van der Waals surface area contributed by atoms with E-state index in [9.17, 15) is 14.7 Å². The van der Waals surface area contributed by atoms with Crippen molar-refractivity contribution in [2.45, 2.75) is 38.7 Å². The third-order valence-corrected chi connectivity index (χ3v) is 6.39. The van der Waals surface area contributed by atoms with Crippen LogP contribution in [0.1, 0.15) is 46.3 Å². The van der Waals surface area contributed by atoms with E-state index in [0.717, 1.165) is 22.7 Å². The summed E-state index contributed by atoms with van der Waals surface area (Å²) in [6.07, 6.45) is 0.310. The molecular weight excluding hydrogens is 460 g/mol. The highest BCUT2D eigenvalue weighted by molar-refractivity contribution is 7.07. The van der Waals surface area contributed by atoms with Crippen molar-refractivity contribution in [1.29, 1.82) is 0 Å². The van der Waals surface area contributed by atoms with Gasteiger partial charge < -0.3 is 18.7 Å². The molecule has 0 atom stereocenters. The summed E-state index contributed by atoms with van der Waals surface area (Å²) in [5, 5.41) is 12.1. The van der Waals surface area contributed by atoms with E-state index >= 15 is 0 Å². The molecule has 5 rings (SSSR count). The second-order valence-electron chi connectivity index (χ2n) is 7.89. The zero-order chi connectivity index (χ0) is 23.9. The van der Waals surface area contributed by atoms with Gasteiger partial charge in [-0.05, 0) is 61.2 Å². The van der Waals surface area contributed by atoms with Crippen LogP contribution < -0.4 is 5.32 Å². The molecule has 0 unspecified atom stereocenters. The van der Waals surface area contributed by atoms with Crippen LogP contribution in [0.15, 0.2) is 33.1 Å². The van der Waals surface area contributed by atoms with Crippen LogP contribution in [0.25, 0.3) is 11.4 Å². The van der Waals surface area contributed by atoms with Gasteiger partial charge in [0, 0.05) is 0 Å². The van der Waals surface area contributed by atoms with Crippen LogP contribution in [0.3, 0.4) is 0 Å². The van der Waals surface area contributed by atoms with Gasteiger partial charge in [-0.2, -0.15) is 14.3 Å². The highest BCUT2D eigenvalue weighted by atomic mass is 32.1. The number of anilines is 1. The zero-order valence-electron chi connectivity index (χ0n) is 18.2. The SMILES string of the molecule is Cc1ccccc1COC(=O)Nc1c(C)nsc1C#Cc1nc2oc(C3(C(=O)O)CC3)nc2o1. The van der Waals surface area contributed by atoms with Crippen molar-refractivity contribution in [3.8, 4) is 11.8 Å². The number of fused-ring (bicyclic) bond motifs is 1. The summed E-state index contributed by atoms with van der Waals surface area (Å²) in [6, 6.07) is 7.65. The fraction of sp³-hybridized carbons (Fsp3) is 0.261. The maximum atomic E-state index is 12.3. The van der Waals surface area contributed by atoms with Gasteiger partial charge in [0.2, 0.25) is 5.89 Å². The van der Waals surface area contributed by atoms with Crippen LogP contribution in [-0.4, -0.2) is 31.5 Å². The number of ether oxygens (including phenoxy) is 1. The molecule has 1 aromatic carbocycles. The number of carboxylic acids is 1. The number of carboxylic acid groups (broad SMARTS) is 1. The Labute approximate surface area is 197 Å². The Bertz CT molecular complexity index is 1450. The minimum Gasteiger partial charge on any atom is -0.480 e. The lowest BCUT2D eigenvalue weighted by molar-refractivity contribution is -0.140. The van der Waals surface area contributed by atoms with Crippen LogP contribution >= 0.6 is 11.5 Å². The Balaban J connectivity index is 1.29. The van der Waals surface area contributed by atoms with Gasteiger partial charge in [-0.3, -0.25) is 10.1 Å². The summed E-state index contributed by atoms with van der Waals surface area (Å²) in [7, 11) is 0. The molecule has 3 heterocycles. The second kappa shape index (κ2) is 8.31. The average Bonchev–Trinajstić information content (AvgIpc) is 3.25. The monoisotopic (exact) mass is 478 g/mol. The number of hydrogen-bond donors (Lipinski definition) is 2. The molecule has 4 aromatic rings. The molecule has 3 aromatic heterocycles. The Morgan fingerprint density at radius 3 is 2.65 bits per heavy atom. The van der Waals surface area contributed by atoms with Crippen molar-refractivity contribution >= 4 is 40.7 Å². The molecule has 1 fully saturated rings. The molecule has 10 nitrogen and oxygen atoms in total. The first kappa shape index (κ1) is 21.7. The van der Waals surface area contributed by atoms with Crippen LogP contribution in [0.2, 0.25) is 0 Å². The summed E-state index contributed by atoms with van der Waals surface area (Å²) in [6.45, 7) is 3.84. The maximum absolute atomic E-state index is 12.3. The summed E-state index contributed by atoms with van der Waals surface area (Å²) < 4.78 is 20.6. The largest absolute Gasteiger partial charge is 0.480 e. The molecule has 1 amide bonds. The van der Waals surface area contributed by atoms with E-state index in [2.05, 4.69) is 31.5 Å². The number of hydrogen-bond acceptors (Lipinski definition) is 9. The maximum Gasteiger partial charge on any atom is 0.412 e. The number of nitrogens with one attached hydrogen (secondary N) is 1. The van der Waals surface area contributed by atoms with E-state index in [1.807, 2.05) is 31.2 Å². The lowest BCUT2D eigenvalue weighted by Gasteiger charge is -2.08. The van der Waals surface area contributed by atoms with E-state index in [0.29, 0.717) is 29.1 Å². The fourth-order valence-corrected chi connectivity index (χ4v) is 4.02. The first-order valence-corrected chi connectivity index (χ1v) is 11.1. The van der Waals surface area contributed by atoms with Crippen LogP contribution in [-0.2, 0) is 21.6 Å². The van der Waals surface area contributed by atoms with Crippen molar-refractivity contribution in [1.82, 2.24) is 14.3 Å². The number of carbonyl (C=O) groups is 2. The van der Waals surface area contributed by atoms with Gasteiger partial charge >= 0.3 is 12.1 Å². The number of aromatic nitrogens is 3. The number of benzene rings is 1. The molecule has 11 heteroatoms. The highest BCUT2D eigenvalue weighted by Gasteiger charge is 2.56. The smallest absolute Gasteiger partial charge is 0.412 e. The van der Waals surface area contributed by atoms with Crippen molar-refractivity contribution in [3.63, 3.8) is 0 Å². The molecule has 0 aliphatic heterocycles. The number of carbonyl (C=O) groups excluding carboxylic acids is 1.